The predicted octanol–water partition coefficient (Wildman–Crippen LogP) is 5.47. The molecule has 0 fully saturated rings. The number of benzene rings is 3. The zero-order valence-corrected chi connectivity index (χ0v) is 14.0. The number of nitro benzene ring substituents is 2. The molecule has 27 heavy (non-hydrogen) atoms. The summed E-state index contributed by atoms with van der Waals surface area (Å²) in [6, 6.07) is 20.1. The molecule has 7 heteroatoms. The standard InChI is InChI=1S/C20H14N2O5/c23-21(24)17-11-10-16(20(14-17)22(25)26)9-6-15-7-12-19(13-8-15)27-18-4-2-1-3-5-18/h1-14H/b9-6+. The van der Waals surface area contributed by atoms with Gasteiger partial charge in [-0.15, -0.1) is 0 Å². The van der Waals surface area contributed by atoms with Crippen LogP contribution in [-0.2, 0) is 0 Å². The highest BCUT2D eigenvalue weighted by Gasteiger charge is 2.17. The number of nitro groups is 2. The molecule has 3 aromatic rings. The van der Waals surface area contributed by atoms with Crippen LogP contribution in [0.4, 0.5) is 11.4 Å². The molecule has 3 aromatic carbocycles. The number of nitrogens with zero attached hydrogens (tertiary/aromatic N) is 2. The number of ether oxygens (including phenoxy) is 1. The van der Waals surface area contributed by atoms with Crippen molar-refractivity contribution in [2.45, 2.75) is 0 Å². The molecule has 3 rings (SSSR count). The summed E-state index contributed by atoms with van der Waals surface area (Å²) >= 11 is 0. The second kappa shape index (κ2) is 7.92. The van der Waals surface area contributed by atoms with Gasteiger partial charge >= 0.3 is 0 Å². The fourth-order valence-electron chi connectivity index (χ4n) is 2.40. The highest BCUT2D eigenvalue weighted by atomic mass is 16.6. The van der Waals surface area contributed by atoms with Crippen LogP contribution in [0.25, 0.3) is 12.2 Å². The van der Waals surface area contributed by atoms with Gasteiger partial charge in [-0.3, -0.25) is 20.2 Å². The maximum atomic E-state index is 11.2. The van der Waals surface area contributed by atoms with Gasteiger partial charge in [0.1, 0.15) is 11.5 Å². The second-order valence-corrected chi connectivity index (χ2v) is 5.57. The van der Waals surface area contributed by atoms with Gasteiger partial charge in [0.05, 0.1) is 21.5 Å². The SMILES string of the molecule is O=[N+]([O-])c1ccc(/C=C/c2ccc(Oc3ccccc3)cc2)c([N+](=O)[O-])c1. The van der Waals surface area contributed by atoms with Crippen molar-refractivity contribution in [2.24, 2.45) is 0 Å². The van der Waals surface area contributed by atoms with E-state index in [2.05, 4.69) is 0 Å². The number of hydrogen-bond acceptors (Lipinski definition) is 5. The average molecular weight is 362 g/mol. The first kappa shape index (κ1) is 17.8. The lowest BCUT2D eigenvalue weighted by molar-refractivity contribution is -0.394. The van der Waals surface area contributed by atoms with Crippen molar-refractivity contribution in [3.05, 3.63) is 104 Å². The lowest BCUT2D eigenvalue weighted by Crippen LogP contribution is -1.94. The molecule has 0 saturated carbocycles. The average Bonchev–Trinajstić information content (AvgIpc) is 2.68. The van der Waals surface area contributed by atoms with Gasteiger partial charge in [-0.1, -0.05) is 36.4 Å². The minimum atomic E-state index is -0.661. The molecule has 0 N–H and O–H groups in total. The van der Waals surface area contributed by atoms with Crippen LogP contribution in [0, 0.1) is 20.2 Å². The van der Waals surface area contributed by atoms with Gasteiger partial charge in [-0.05, 0) is 42.0 Å². The monoisotopic (exact) mass is 362 g/mol. The molecule has 0 bridgehead atoms. The Morgan fingerprint density at radius 3 is 2.04 bits per heavy atom. The summed E-state index contributed by atoms with van der Waals surface area (Å²) in [6.45, 7) is 0. The van der Waals surface area contributed by atoms with E-state index in [1.54, 1.807) is 24.3 Å². The first-order valence-electron chi connectivity index (χ1n) is 7.97. The van der Waals surface area contributed by atoms with Crippen LogP contribution >= 0.6 is 0 Å². The summed E-state index contributed by atoms with van der Waals surface area (Å²) in [5.74, 6) is 1.39. The Hall–Kier alpha value is -4.00. The molecule has 0 aliphatic carbocycles. The maximum absolute atomic E-state index is 11.2. The summed E-state index contributed by atoms with van der Waals surface area (Å²) in [5.41, 5.74) is 0.462. The fraction of sp³-hybridized carbons (Fsp3) is 0. The largest absolute Gasteiger partial charge is 0.457 e. The van der Waals surface area contributed by atoms with E-state index in [-0.39, 0.29) is 16.9 Å². The van der Waals surface area contributed by atoms with E-state index in [0.29, 0.717) is 5.75 Å². The minimum absolute atomic E-state index is 0.287. The summed E-state index contributed by atoms with van der Waals surface area (Å²) in [4.78, 5) is 20.6. The molecule has 134 valence electrons. The number of hydrogen-bond donors (Lipinski definition) is 0. The fourth-order valence-corrected chi connectivity index (χ4v) is 2.40. The normalized spacial score (nSPS) is 10.7. The lowest BCUT2D eigenvalue weighted by Gasteiger charge is -2.05. The van der Waals surface area contributed by atoms with Crippen molar-refractivity contribution < 1.29 is 14.6 Å². The third kappa shape index (κ3) is 4.55. The highest BCUT2D eigenvalue weighted by Crippen LogP contribution is 2.27. The number of para-hydroxylation sites is 1. The van der Waals surface area contributed by atoms with Crippen LogP contribution in [-0.4, -0.2) is 9.85 Å². The van der Waals surface area contributed by atoms with Gasteiger partial charge in [0.15, 0.2) is 0 Å². The molecule has 0 spiro atoms. The predicted molar refractivity (Wildman–Crippen MR) is 102 cm³/mol. The quantitative estimate of drug-likeness (QED) is 0.329. The van der Waals surface area contributed by atoms with Crippen LogP contribution in [0.15, 0.2) is 72.8 Å². The summed E-state index contributed by atoms with van der Waals surface area (Å²) in [5, 5.41) is 21.9. The highest BCUT2D eigenvalue weighted by molar-refractivity contribution is 5.75. The number of non-ortho nitro benzene ring substituents is 1. The molecule has 0 aliphatic rings. The Kier molecular flexibility index (Phi) is 5.22. The van der Waals surface area contributed by atoms with Crippen molar-refractivity contribution >= 4 is 23.5 Å². The van der Waals surface area contributed by atoms with E-state index >= 15 is 0 Å². The van der Waals surface area contributed by atoms with Crippen LogP contribution in [0.1, 0.15) is 11.1 Å². The van der Waals surface area contributed by atoms with E-state index in [4.69, 9.17) is 4.74 Å². The third-order valence-electron chi connectivity index (χ3n) is 3.74. The Morgan fingerprint density at radius 2 is 1.41 bits per heavy atom. The first-order valence-corrected chi connectivity index (χ1v) is 7.97. The van der Waals surface area contributed by atoms with Crippen LogP contribution < -0.4 is 4.74 Å². The molecule has 0 atom stereocenters. The topological polar surface area (TPSA) is 95.5 Å². The smallest absolute Gasteiger partial charge is 0.283 e. The molecule has 0 unspecified atom stereocenters. The van der Waals surface area contributed by atoms with E-state index in [1.165, 1.54) is 12.1 Å². The molecule has 0 saturated heterocycles. The van der Waals surface area contributed by atoms with Gasteiger partial charge < -0.3 is 4.74 Å². The van der Waals surface area contributed by atoms with Gasteiger partial charge in [-0.25, -0.2) is 0 Å². The third-order valence-corrected chi connectivity index (χ3v) is 3.74. The van der Waals surface area contributed by atoms with Crippen LogP contribution in [0.3, 0.4) is 0 Å². The summed E-state index contributed by atoms with van der Waals surface area (Å²) < 4.78 is 5.71. The lowest BCUT2D eigenvalue weighted by atomic mass is 10.1. The van der Waals surface area contributed by atoms with Gasteiger partial charge in [0.25, 0.3) is 11.4 Å². The molecular weight excluding hydrogens is 348 g/mol. The van der Waals surface area contributed by atoms with Gasteiger partial charge in [-0.2, -0.15) is 0 Å². The van der Waals surface area contributed by atoms with Crippen molar-refractivity contribution in [3.63, 3.8) is 0 Å². The minimum Gasteiger partial charge on any atom is -0.457 e. The van der Waals surface area contributed by atoms with Crippen molar-refractivity contribution in [3.8, 4) is 11.5 Å². The molecular formula is C20H14N2O5. The Bertz CT molecular complexity index is 999. The van der Waals surface area contributed by atoms with Gasteiger partial charge in [0, 0.05) is 6.07 Å². The zero-order chi connectivity index (χ0) is 19.2. The van der Waals surface area contributed by atoms with Gasteiger partial charge in [0.2, 0.25) is 0 Å². The molecule has 7 nitrogen and oxygen atoms in total. The Morgan fingerprint density at radius 1 is 0.741 bits per heavy atom. The summed E-state index contributed by atoms with van der Waals surface area (Å²) in [7, 11) is 0. The van der Waals surface area contributed by atoms with Crippen molar-refractivity contribution in [2.75, 3.05) is 0 Å². The second-order valence-electron chi connectivity index (χ2n) is 5.57. The van der Waals surface area contributed by atoms with E-state index in [0.717, 1.165) is 17.4 Å². The zero-order valence-electron chi connectivity index (χ0n) is 14.0. The van der Waals surface area contributed by atoms with E-state index < -0.39 is 9.85 Å². The van der Waals surface area contributed by atoms with Crippen molar-refractivity contribution in [1.29, 1.82) is 0 Å². The Labute approximate surface area is 154 Å². The molecule has 0 radical (unpaired) electrons. The Balaban J connectivity index is 1.78. The van der Waals surface area contributed by atoms with Crippen LogP contribution in [0.2, 0.25) is 0 Å². The molecule has 0 amide bonds. The number of rotatable bonds is 6. The molecule has 0 aliphatic heterocycles. The van der Waals surface area contributed by atoms with E-state index in [9.17, 15) is 20.2 Å². The first-order chi connectivity index (χ1) is 13.0. The molecule has 0 heterocycles. The molecule has 0 aromatic heterocycles. The maximum Gasteiger partial charge on any atom is 0.283 e. The van der Waals surface area contributed by atoms with Crippen LogP contribution in [0.5, 0.6) is 11.5 Å². The van der Waals surface area contributed by atoms with Crippen molar-refractivity contribution in [1.82, 2.24) is 0 Å². The summed E-state index contributed by atoms with van der Waals surface area (Å²) in [6.07, 6.45) is 3.25. The van der Waals surface area contributed by atoms with E-state index in [1.807, 2.05) is 42.5 Å².